The molecule has 7 nitrogen and oxygen atoms in total. The summed E-state index contributed by atoms with van der Waals surface area (Å²) in [7, 11) is 1.76. The fraction of sp³-hybridized carbons (Fsp3) is 0.350. The number of hydrogen-bond acceptors (Lipinski definition) is 4. The monoisotopic (exact) mass is 366 g/mol. The molecule has 0 atom stereocenters. The molecule has 0 saturated heterocycles. The Labute approximate surface area is 159 Å². The molecule has 27 heavy (non-hydrogen) atoms. The van der Waals surface area contributed by atoms with Crippen molar-refractivity contribution in [1.82, 2.24) is 25.2 Å². The van der Waals surface area contributed by atoms with E-state index >= 15 is 0 Å². The molecule has 0 saturated carbocycles. The summed E-state index contributed by atoms with van der Waals surface area (Å²) in [4.78, 5) is 4.25. The predicted molar refractivity (Wildman–Crippen MR) is 107 cm³/mol. The van der Waals surface area contributed by atoms with Crippen molar-refractivity contribution in [3.05, 3.63) is 60.0 Å². The maximum absolute atomic E-state index is 5.74. The SMILES string of the molecule is CN=C(NCCCCOc1ccc(C)cc1)NCc1nnc2ccccn12. The van der Waals surface area contributed by atoms with Crippen LogP contribution in [0.4, 0.5) is 0 Å². The quantitative estimate of drug-likeness (QED) is 0.364. The zero-order valence-electron chi connectivity index (χ0n) is 15.9. The van der Waals surface area contributed by atoms with Gasteiger partial charge in [-0.15, -0.1) is 10.2 Å². The fourth-order valence-corrected chi connectivity index (χ4v) is 2.65. The minimum Gasteiger partial charge on any atom is -0.494 e. The number of pyridine rings is 1. The third-order valence-corrected chi connectivity index (χ3v) is 4.18. The molecular formula is C20H26N6O. The van der Waals surface area contributed by atoms with Crippen LogP contribution in [0.25, 0.3) is 5.65 Å². The first kappa shape index (κ1) is 18.7. The topological polar surface area (TPSA) is 75.8 Å². The van der Waals surface area contributed by atoms with Crippen molar-refractivity contribution >= 4 is 11.6 Å². The Kier molecular flexibility index (Phi) is 6.62. The number of fused-ring (bicyclic) bond motifs is 1. The summed E-state index contributed by atoms with van der Waals surface area (Å²) in [5.41, 5.74) is 2.08. The van der Waals surface area contributed by atoms with E-state index in [2.05, 4.69) is 44.9 Å². The minimum absolute atomic E-state index is 0.557. The lowest BCUT2D eigenvalue weighted by atomic mass is 10.2. The third kappa shape index (κ3) is 5.44. The van der Waals surface area contributed by atoms with Crippen LogP contribution < -0.4 is 15.4 Å². The van der Waals surface area contributed by atoms with Gasteiger partial charge in [0.2, 0.25) is 0 Å². The molecule has 0 radical (unpaired) electrons. The van der Waals surface area contributed by atoms with Crippen LogP contribution >= 0.6 is 0 Å². The number of nitrogens with one attached hydrogen (secondary N) is 2. The number of nitrogens with zero attached hydrogens (tertiary/aromatic N) is 4. The summed E-state index contributed by atoms with van der Waals surface area (Å²) < 4.78 is 7.70. The summed E-state index contributed by atoms with van der Waals surface area (Å²) >= 11 is 0. The number of hydrogen-bond donors (Lipinski definition) is 2. The molecule has 2 N–H and O–H groups in total. The zero-order valence-corrected chi connectivity index (χ0v) is 15.9. The van der Waals surface area contributed by atoms with Gasteiger partial charge in [-0.2, -0.15) is 0 Å². The van der Waals surface area contributed by atoms with Gasteiger partial charge in [0.25, 0.3) is 0 Å². The molecule has 0 aliphatic rings. The summed E-state index contributed by atoms with van der Waals surface area (Å²) in [5.74, 6) is 2.52. The van der Waals surface area contributed by atoms with Gasteiger partial charge >= 0.3 is 0 Å². The highest BCUT2D eigenvalue weighted by molar-refractivity contribution is 5.79. The molecule has 0 spiro atoms. The first-order valence-electron chi connectivity index (χ1n) is 9.19. The lowest BCUT2D eigenvalue weighted by Gasteiger charge is -2.11. The van der Waals surface area contributed by atoms with Crippen LogP contribution in [0, 0.1) is 6.92 Å². The highest BCUT2D eigenvalue weighted by atomic mass is 16.5. The number of benzene rings is 1. The third-order valence-electron chi connectivity index (χ3n) is 4.18. The molecule has 3 rings (SSSR count). The minimum atomic E-state index is 0.557. The Morgan fingerprint density at radius 2 is 1.93 bits per heavy atom. The average Bonchev–Trinajstić information content (AvgIpc) is 3.11. The van der Waals surface area contributed by atoms with Gasteiger partial charge in [-0.25, -0.2) is 0 Å². The molecule has 1 aromatic carbocycles. The van der Waals surface area contributed by atoms with Gasteiger partial charge in [-0.3, -0.25) is 9.39 Å². The summed E-state index contributed by atoms with van der Waals surface area (Å²) in [6.07, 6.45) is 3.93. The summed E-state index contributed by atoms with van der Waals surface area (Å²) in [6.45, 7) is 4.17. The zero-order chi connectivity index (χ0) is 18.9. The first-order valence-corrected chi connectivity index (χ1v) is 9.19. The van der Waals surface area contributed by atoms with Crippen LogP contribution in [0.3, 0.4) is 0 Å². The Morgan fingerprint density at radius 3 is 2.74 bits per heavy atom. The van der Waals surface area contributed by atoms with Crippen molar-refractivity contribution in [2.24, 2.45) is 4.99 Å². The first-order chi connectivity index (χ1) is 13.3. The molecule has 0 bridgehead atoms. The fourth-order valence-electron chi connectivity index (χ4n) is 2.65. The Bertz CT molecular complexity index is 872. The second-order valence-corrected chi connectivity index (χ2v) is 6.27. The van der Waals surface area contributed by atoms with Gasteiger partial charge in [0.15, 0.2) is 17.4 Å². The molecular weight excluding hydrogens is 340 g/mol. The number of aliphatic imine (C=N–C) groups is 1. The van der Waals surface area contributed by atoms with Crippen molar-refractivity contribution in [2.75, 3.05) is 20.2 Å². The lowest BCUT2D eigenvalue weighted by molar-refractivity contribution is 0.307. The number of unbranched alkanes of at least 4 members (excludes halogenated alkanes) is 1. The van der Waals surface area contributed by atoms with Crippen LogP contribution in [0.1, 0.15) is 24.2 Å². The van der Waals surface area contributed by atoms with E-state index in [-0.39, 0.29) is 0 Å². The van der Waals surface area contributed by atoms with Gasteiger partial charge < -0.3 is 15.4 Å². The van der Waals surface area contributed by atoms with E-state index in [0.717, 1.165) is 42.6 Å². The van der Waals surface area contributed by atoms with Crippen LogP contribution in [0.15, 0.2) is 53.7 Å². The van der Waals surface area contributed by atoms with Gasteiger partial charge in [0.05, 0.1) is 13.2 Å². The molecule has 142 valence electrons. The lowest BCUT2D eigenvalue weighted by Crippen LogP contribution is -2.37. The number of aryl methyl sites for hydroxylation is 1. The number of ether oxygens (including phenoxy) is 1. The Morgan fingerprint density at radius 1 is 1.07 bits per heavy atom. The van der Waals surface area contributed by atoms with E-state index in [0.29, 0.717) is 13.2 Å². The standard InChI is InChI=1S/C20H26N6O/c1-16-8-10-17(11-9-16)27-14-6-4-12-22-20(21-2)23-15-19-25-24-18-7-3-5-13-26(18)19/h3,5,7-11,13H,4,6,12,14-15H2,1-2H3,(H2,21,22,23). The molecule has 0 unspecified atom stereocenters. The molecule has 2 heterocycles. The van der Waals surface area contributed by atoms with Crippen molar-refractivity contribution in [3.8, 4) is 5.75 Å². The van der Waals surface area contributed by atoms with Crippen molar-refractivity contribution in [1.29, 1.82) is 0 Å². The van der Waals surface area contributed by atoms with Crippen molar-refractivity contribution in [2.45, 2.75) is 26.3 Å². The van der Waals surface area contributed by atoms with Gasteiger partial charge in [-0.1, -0.05) is 23.8 Å². The number of aromatic nitrogens is 3. The summed E-state index contributed by atoms with van der Waals surface area (Å²) in [6, 6.07) is 14.0. The second kappa shape index (κ2) is 9.56. The predicted octanol–water partition coefficient (Wildman–Crippen LogP) is 2.56. The molecule has 7 heteroatoms. The smallest absolute Gasteiger partial charge is 0.191 e. The van der Waals surface area contributed by atoms with Crippen LogP contribution in [-0.2, 0) is 6.54 Å². The molecule has 0 aliphatic heterocycles. The Balaban J connectivity index is 1.34. The van der Waals surface area contributed by atoms with Gasteiger partial charge in [0.1, 0.15) is 5.75 Å². The highest BCUT2D eigenvalue weighted by Crippen LogP contribution is 2.11. The summed E-state index contributed by atoms with van der Waals surface area (Å²) in [5, 5.41) is 14.9. The molecule has 0 amide bonds. The van der Waals surface area contributed by atoms with Crippen LogP contribution in [0.2, 0.25) is 0 Å². The van der Waals surface area contributed by atoms with E-state index in [1.807, 2.05) is 40.9 Å². The number of rotatable bonds is 8. The van der Waals surface area contributed by atoms with Crippen molar-refractivity contribution < 1.29 is 4.74 Å². The largest absolute Gasteiger partial charge is 0.494 e. The normalized spacial score (nSPS) is 11.6. The second-order valence-electron chi connectivity index (χ2n) is 6.27. The molecule has 2 aromatic heterocycles. The van der Waals surface area contributed by atoms with E-state index in [1.165, 1.54) is 5.56 Å². The van der Waals surface area contributed by atoms with E-state index < -0.39 is 0 Å². The maximum atomic E-state index is 5.74. The van der Waals surface area contributed by atoms with Crippen molar-refractivity contribution in [3.63, 3.8) is 0 Å². The average molecular weight is 366 g/mol. The van der Waals surface area contributed by atoms with E-state index in [9.17, 15) is 0 Å². The highest BCUT2D eigenvalue weighted by Gasteiger charge is 2.05. The molecule has 0 fully saturated rings. The molecule has 3 aromatic rings. The van der Waals surface area contributed by atoms with E-state index in [1.54, 1.807) is 7.05 Å². The van der Waals surface area contributed by atoms with Gasteiger partial charge in [-0.05, 0) is 44.0 Å². The van der Waals surface area contributed by atoms with Crippen LogP contribution in [0.5, 0.6) is 5.75 Å². The maximum Gasteiger partial charge on any atom is 0.191 e. The van der Waals surface area contributed by atoms with Crippen LogP contribution in [-0.4, -0.2) is 40.8 Å². The molecule has 0 aliphatic carbocycles. The van der Waals surface area contributed by atoms with E-state index in [4.69, 9.17) is 4.74 Å². The Hall–Kier alpha value is -3.09. The van der Waals surface area contributed by atoms with Gasteiger partial charge in [0, 0.05) is 19.8 Å². The number of guanidine groups is 1.